The summed E-state index contributed by atoms with van der Waals surface area (Å²) in [5.41, 5.74) is -1.13. The van der Waals surface area contributed by atoms with Gasteiger partial charge in [0.2, 0.25) is 0 Å². The lowest BCUT2D eigenvalue weighted by Crippen LogP contribution is -2.59. The van der Waals surface area contributed by atoms with Crippen molar-refractivity contribution in [3.05, 3.63) is 71.3 Å². The molecule has 2 heterocycles. The molecule has 8 heteroatoms. The molecule has 0 saturated carbocycles. The van der Waals surface area contributed by atoms with E-state index in [1.807, 2.05) is 30.3 Å². The molecule has 0 aliphatic carbocycles. The topological polar surface area (TPSA) is 69.7 Å². The van der Waals surface area contributed by atoms with Gasteiger partial charge in [0.1, 0.15) is 22.7 Å². The van der Waals surface area contributed by atoms with Crippen LogP contribution in [0.4, 0.5) is 13.6 Å². The number of imide groups is 1. The van der Waals surface area contributed by atoms with E-state index in [0.717, 1.165) is 22.6 Å². The molecule has 1 N–H and O–H groups in total. The van der Waals surface area contributed by atoms with Crippen molar-refractivity contribution in [2.45, 2.75) is 24.9 Å². The molecular weight excluding hydrogens is 380 g/mol. The Bertz CT molecular complexity index is 962. The summed E-state index contributed by atoms with van der Waals surface area (Å²) in [6.45, 7) is 0.231. The van der Waals surface area contributed by atoms with Crippen LogP contribution in [0.1, 0.15) is 28.8 Å². The van der Waals surface area contributed by atoms with E-state index in [9.17, 15) is 23.2 Å². The van der Waals surface area contributed by atoms with Gasteiger partial charge < -0.3 is 10.2 Å². The highest BCUT2D eigenvalue weighted by Crippen LogP contribution is 2.30. The van der Waals surface area contributed by atoms with Gasteiger partial charge in [-0.25, -0.2) is 13.6 Å². The molecule has 150 valence electrons. The number of likely N-dealkylation sites (tertiary alicyclic amines) is 1. The van der Waals surface area contributed by atoms with Crippen LogP contribution >= 0.6 is 0 Å². The molecule has 2 aliphatic rings. The number of nitrogens with one attached hydrogen (secondary N) is 1. The molecule has 1 atom stereocenters. The number of nitrogens with zero attached hydrogens (tertiary/aromatic N) is 2. The van der Waals surface area contributed by atoms with Crippen LogP contribution < -0.4 is 5.32 Å². The van der Waals surface area contributed by atoms with E-state index in [4.69, 9.17) is 0 Å². The molecule has 29 heavy (non-hydrogen) atoms. The van der Waals surface area contributed by atoms with E-state index < -0.39 is 40.6 Å². The van der Waals surface area contributed by atoms with Gasteiger partial charge in [-0.3, -0.25) is 14.5 Å². The smallest absolute Gasteiger partial charge is 0.325 e. The second-order valence-corrected chi connectivity index (χ2v) is 7.32. The van der Waals surface area contributed by atoms with E-state index in [1.54, 1.807) is 0 Å². The minimum atomic E-state index is -1.28. The van der Waals surface area contributed by atoms with E-state index in [0.29, 0.717) is 12.8 Å². The quantitative estimate of drug-likeness (QED) is 0.807. The van der Waals surface area contributed by atoms with Crippen molar-refractivity contribution in [1.82, 2.24) is 15.1 Å². The van der Waals surface area contributed by atoms with Crippen molar-refractivity contribution in [3.63, 3.8) is 0 Å². The van der Waals surface area contributed by atoms with Crippen molar-refractivity contribution < 1.29 is 23.2 Å². The Balaban J connectivity index is 1.56. The van der Waals surface area contributed by atoms with Crippen LogP contribution in [0.25, 0.3) is 0 Å². The number of rotatable bonds is 3. The van der Waals surface area contributed by atoms with Gasteiger partial charge in [0.15, 0.2) is 0 Å². The van der Waals surface area contributed by atoms with Gasteiger partial charge in [-0.2, -0.15) is 0 Å². The van der Waals surface area contributed by atoms with Crippen LogP contribution in [0.3, 0.4) is 0 Å². The fourth-order valence-corrected chi connectivity index (χ4v) is 3.95. The van der Waals surface area contributed by atoms with E-state index >= 15 is 0 Å². The van der Waals surface area contributed by atoms with Crippen LogP contribution in [0.5, 0.6) is 0 Å². The molecule has 2 saturated heterocycles. The number of carbonyl (C=O) groups is 3. The first-order chi connectivity index (χ1) is 13.9. The highest BCUT2D eigenvalue weighted by atomic mass is 19.1. The van der Waals surface area contributed by atoms with Gasteiger partial charge in [-0.1, -0.05) is 36.4 Å². The zero-order chi connectivity index (χ0) is 20.6. The highest BCUT2D eigenvalue weighted by molar-refractivity contribution is 6.07. The number of benzene rings is 2. The summed E-state index contributed by atoms with van der Waals surface area (Å²) in [5.74, 6) is -3.18. The zero-order valence-corrected chi connectivity index (χ0v) is 15.5. The molecule has 0 unspecified atom stereocenters. The summed E-state index contributed by atoms with van der Waals surface area (Å²) < 4.78 is 28.1. The largest absolute Gasteiger partial charge is 0.336 e. The molecule has 4 amide bonds. The maximum Gasteiger partial charge on any atom is 0.325 e. The average Bonchev–Trinajstić information content (AvgIpc) is 2.92. The lowest BCUT2D eigenvalue weighted by Gasteiger charge is -2.38. The monoisotopic (exact) mass is 399 g/mol. The third-order valence-corrected chi connectivity index (χ3v) is 5.39. The predicted molar refractivity (Wildman–Crippen MR) is 99.8 cm³/mol. The Kier molecular flexibility index (Phi) is 4.77. The zero-order valence-electron chi connectivity index (χ0n) is 15.5. The summed E-state index contributed by atoms with van der Waals surface area (Å²) >= 11 is 0. The van der Waals surface area contributed by atoms with Crippen LogP contribution in [-0.2, 0) is 11.3 Å². The number of hydrogen-bond donors (Lipinski definition) is 1. The van der Waals surface area contributed by atoms with E-state index in [-0.39, 0.29) is 19.6 Å². The molecule has 0 radical (unpaired) electrons. The molecular formula is C21H19F2N3O3. The Morgan fingerprint density at radius 2 is 1.72 bits per heavy atom. The summed E-state index contributed by atoms with van der Waals surface area (Å²) in [7, 11) is 0. The Labute approximate surface area is 166 Å². The Morgan fingerprint density at radius 3 is 2.41 bits per heavy atom. The standard InChI is InChI=1S/C21H19F2N3O3/c22-15-8-4-9-16(23)17(15)18(27)25-11-5-10-21(13-25)19(28)26(20(29)24-21)12-14-6-2-1-3-7-14/h1-4,6-9H,5,10-13H2,(H,24,29)/t21-/m0/s1. The van der Waals surface area contributed by atoms with Crippen molar-refractivity contribution in [1.29, 1.82) is 0 Å². The summed E-state index contributed by atoms with van der Waals surface area (Å²) in [6.07, 6.45) is 0.777. The molecule has 2 aromatic carbocycles. The summed E-state index contributed by atoms with van der Waals surface area (Å²) in [6, 6.07) is 11.8. The maximum absolute atomic E-state index is 14.0. The van der Waals surface area contributed by atoms with Crippen molar-refractivity contribution in [2.24, 2.45) is 0 Å². The third-order valence-electron chi connectivity index (χ3n) is 5.39. The second kappa shape index (κ2) is 7.27. The second-order valence-electron chi connectivity index (χ2n) is 7.32. The molecule has 4 rings (SSSR count). The fourth-order valence-electron chi connectivity index (χ4n) is 3.95. The first-order valence-corrected chi connectivity index (χ1v) is 9.33. The van der Waals surface area contributed by atoms with Gasteiger partial charge in [-0.05, 0) is 30.5 Å². The van der Waals surface area contributed by atoms with Crippen LogP contribution in [0, 0.1) is 11.6 Å². The maximum atomic E-state index is 14.0. The van der Waals surface area contributed by atoms with Crippen molar-refractivity contribution in [3.8, 4) is 0 Å². The van der Waals surface area contributed by atoms with Gasteiger partial charge in [0, 0.05) is 6.54 Å². The molecule has 0 bridgehead atoms. The molecule has 6 nitrogen and oxygen atoms in total. The normalized spacial score (nSPS) is 21.6. The van der Waals surface area contributed by atoms with Crippen LogP contribution in [0.2, 0.25) is 0 Å². The van der Waals surface area contributed by atoms with Gasteiger partial charge in [-0.15, -0.1) is 0 Å². The van der Waals surface area contributed by atoms with Gasteiger partial charge in [0.25, 0.3) is 11.8 Å². The number of piperidine rings is 1. The molecule has 0 aromatic heterocycles. The fraction of sp³-hybridized carbons (Fsp3) is 0.286. The molecule has 1 spiro atoms. The molecule has 2 fully saturated rings. The third kappa shape index (κ3) is 3.35. The molecule has 2 aromatic rings. The van der Waals surface area contributed by atoms with Crippen molar-refractivity contribution >= 4 is 17.8 Å². The minimum absolute atomic E-state index is 0.114. The molecule has 2 aliphatic heterocycles. The van der Waals surface area contributed by atoms with E-state index in [1.165, 1.54) is 11.0 Å². The first kappa shape index (κ1) is 19.0. The Hall–Kier alpha value is -3.29. The van der Waals surface area contributed by atoms with Crippen LogP contribution in [-0.4, -0.2) is 46.3 Å². The van der Waals surface area contributed by atoms with E-state index in [2.05, 4.69) is 5.32 Å². The lowest BCUT2D eigenvalue weighted by atomic mass is 9.88. The number of hydrogen-bond acceptors (Lipinski definition) is 3. The van der Waals surface area contributed by atoms with Gasteiger partial charge in [0.05, 0.1) is 13.1 Å². The summed E-state index contributed by atoms with van der Waals surface area (Å²) in [4.78, 5) is 40.7. The first-order valence-electron chi connectivity index (χ1n) is 9.33. The van der Waals surface area contributed by atoms with Crippen molar-refractivity contribution in [2.75, 3.05) is 13.1 Å². The number of amides is 4. The minimum Gasteiger partial charge on any atom is -0.336 e. The Morgan fingerprint density at radius 1 is 1.03 bits per heavy atom. The number of halogens is 2. The highest BCUT2D eigenvalue weighted by Gasteiger charge is 2.53. The SMILES string of the molecule is O=C(c1c(F)cccc1F)N1CCC[C@@]2(C1)NC(=O)N(Cc1ccccc1)C2=O. The average molecular weight is 399 g/mol. The lowest BCUT2D eigenvalue weighted by molar-refractivity contribution is -0.133. The number of carbonyl (C=O) groups excluding carboxylic acids is 3. The van der Waals surface area contributed by atoms with Gasteiger partial charge >= 0.3 is 6.03 Å². The van der Waals surface area contributed by atoms with Crippen LogP contribution in [0.15, 0.2) is 48.5 Å². The number of urea groups is 1. The summed E-state index contributed by atoms with van der Waals surface area (Å²) in [5, 5.41) is 2.71. The predicted octanol–water partition coefficient (Wildman–Crippen LogP) is 2.69.